The minimum Gasteiger partial charge on any atom is -0.241 e. The van der Waals surface area contributed by atoms with Gasteiger partial charge in [0.1, 0.15) is 10.3 Å². The van der Waals surface area contributed by atoms with Crippen molar-refractivity contribution in [3.63, 3.8) is 0 Å². The predicted molar refractivity (Wildman–Crippen MR) is 83.6 cm³/mol. The molecule has 0 aliphatic carbocycles. The quantitative estimate of drug-likeness (QED) is 0.599. The third-order valence-electron chi connectivity index (χ3n) is 2.56. The number of aromatic nitrogens is 3. The normalized spacial score (nSPS) is 10.8. The molecule has 0 radical (unpaired) electrons. The van der Waals surface area contributed by atoms with Crippen molar-refractivity contribution in [1.29, 1.82) is 0 Å². The largest absolute Gasteiger partial charge is 0.241 e. The molecule has 3 nitrogen and oxygen atoms in total. The topological polar surface area (TPSA) is 38.7 Å². The lowest BCUT2D eigenvalue weighted by Gasteiger charge is -2.07. The van der Waals surface area contributed by atoms with Gasteiger partial charge in [0.05, 0.1) is 5.56 Å². The van der Waals surface area contributed by atoms with Crippen LogP contribution >= 0.6 is 46.1 Å². The maximum absolute atomic E-state index is 6.24. The van der Waals surface area contributed by atoms with Crippen LogP contribution < -0.4 is 0 Å². The maximum Gasteiger partial charge on any atom is 0.191 e. The molecule has 0 aliphatic rings. The highest BCUT2D eigenvalue weighted by atomic mass is 35.5. The summed E-state index contributed by atoms with van der Waals surface area (Å²) in [6.07, 6.45) is 1.68. The van der Waals surface area contributed by atoms with Gasteiger partial charge in [-0.15, -0.1) is 11.3 Å². The van der Waals surface area contributed by atoms with Crippen molar-refractivity contribution in [2.24, 2.45) is 0 Å². The third kappa shape index (κ3) is 2.65. The average molecular weight is 343 g/mol. The van der Waals surface area contributed by atoms with Crippen molar-refractivity contribution < 1.29 is 0 Å². The van der Waals surface area contributed by atoms with Crippen molar-refractivity contribution in [2.75, 3.05) is 0 Å². The molecule has 2 heterocycles. The second-order valence-corrected chi connectivity index (χ2v) is 5.90. The molecule has 2 aromatic heterocycles. The first-order valence-corrected chi connectivity index (χ1v) is 7.55. The van der Waals surface area contributed by atoms with Crippen LogP contribution in [0, 0.1) is 0 Å². The van der Waals surface area contributed by atoms with Crippen LogP contribution in [0.4, 0.5) is 0 Å². The summed E-state index contributed by atoms with van der Waals surface area (Å²) in [6.45, 7) is 0. The Kier molecular flexibility index (Phi) is 3.89. The van der Waals surface area contributed by atoms with Gasteiger partial charge in [0, 0.05) is 16.6 Å². The van der Waals surface area contributed by atoms with E-state index < -0.39 is 0 Å². The number of rotatable bonds is 2. The number of hydrogen-bond acceptors (Lipinski definition) is 4. The Hall–Kier alpha value is -1.20. The Balaban J connectivity index is 2.14. The van der Waals surface area contributed by atoms with Gasteiger partial charge in [-0.25, -0.2) is 15.0 Å². The van der Waals surface area contributed by atoms with Crippen molar-refractivity contribution >= 4 is 46.1 Å². The highest BCUT2D eigenvalue weighted by Gasteiger charge is 2.15. The summed E-state index contributed by atoms with van der Waals surface area (Å²) in [5, 5.41) is 3.66. The van der Waals surface area contributed by atoms with E-state index >= 15 is 0 Å². The van der Waals surface area contributed by atoms with Gasteiger partial charge in [-0.05, 0) is 17.7 Å². The van der Waals surface area contributed by atoms with Gasteiger partial charge in [-0.2, -0.15) is 0 Å². The third-order valence-corrected chi connectivity index (χ3v) is 4.11. The van der Waals surface area contributed by atoms with E-state index in [1.54, 1.807) is 18.3 Å². The number of hydrogen-bond donors (Lipinski definition) is 0. The fourth-order valence-corrected chi connectivity index (χ4v) is 3.08. The Bertz CT molecular complexity index is 736. The van der Waals surface area contributed by atoms with Gasteiger partial charge in [-0.1, -0.05) is 46.9 Å². The van der Waals surface area contributed by atoms with Crippen LogP contribution in [0.5, 0.6) is 0 Å². The van der Waals surface area contributed by atoms with E-state index in [0.717, 1.165) is 5.56 Å². The van der Waals surface area contributed by atoms with Gasteiger partial charge in [0.2, 0.25) is 0 Å². The molecule has 0 unspecified atom stereocenters. The minimum atomic E-state index is 0.275. The smallest absolute Gasteiger partial charge is 0.191 e. The summed E-state index contributed by atoms with van der Waals surface area (Å²) in [7, 11) is 0. The lowest BCUT2D eigenvalue weighted by Crippen LogP contribution is -1.94. The molecule has 0 N–H and O–H groups in total. The minimum absolute atomic E-state index is 0.275. The predicted octanol–water partition coefficient (Wildman–Crippen LogP) is 5.23. The maximum atomic E-state index is 6.24. The monoisotopic (exact) mass is 341 g/mol. The van der Waals surface area contributed by atoms with Crippen molar-refractivity contribution in [3.05, 3.63) is 51.2 Å². The van der Waals surface area contributed by atoms with Crippen LogP contribution in [-0.2, 0) is 0 Å². The standard InChI is InChI=1S/C13H6Cl3N3S/c14-8-3-1-2-7(6-8)9-10(15)18-12(19-11(9)16)13-17-4-5-20-13/h1-6H. The summed E-state index contributed by atoms with van der Waals surface area (Å²) in [6, 6.07) is 7.21. The molecule has 20 heavy (non-hydrogen) atoms. The number of thiazole rings is 1. The molecule has 0 spiro atoms. The first kappa shape index (κ1) is 13.8. The number of nitrogens with zero attached hydrogens (tertiary/aromatic N) is 3. The fourth-order valence-electron chi connectivity index (χ4n) is 1.72. The molecule has 0 atom stereocenters. The van der Waals surface area contributed by atoms with Gasteiger partial charge in [-0.3, -0.25) is 0 Å². The molecular weight excluding hydrogens is 337 g/mol. The zero-order chi connectivity index (χ0) is 14.1. The van der Waals surface area contributed by atoms with Gasteiger partial charge < -0.3 is 0 Å². The molecule has 0 bridgehead atoms. The van der Waals surface area contributed by atoms with Crippen molar-refractivity contribution in [1.82, 2.24) is 15.0 Å². The highest BCUT2D eigenvalue weighted by molar-refractivity contribution is 7.13. The van der Waals surface area contributed by atoms with Crippen LogP contribution in [0.3, 0.4) is 0 Å². The van der Waals surface area contributed by atoms with Crippen molar-refractivity contribution in [3.8, 4) is 22.0 Å². The van der Waals surface area contributed by atoms with E-state index in [4.69, 9.17) is 34.8 Å². The van der Waals surface area contributed by atoms with E-state index in [-0.39, 0.29) is 10.3 Å². The second-order valence-electron chi connectivity index (χ2n) is 3.85. The molecule has 0 fully saturated rings. The summed E-state index contributed by atoms with van der Waals surface area (Å²) < 4.78 is 0. The van der Waals surface area contributed by atoms with E-state index in [0.29, 0.717) is 21.4 Å². The van der Waals surface area contributed by atoms with Gasteiger partial charge in [0.25, 0.3) is 0 Å². The first-order chi connectivity index (χ1) is 9.65. The van der Waals surface area contributed by atoms with Gasteiger partial charge >= 0.3 is 0 Å². The Morgan fingerprint density at radius 2 is 1.75 bits per heavy atom. The summed E-state index contributed by atoms with van der Waals surface area (Å²) in [5.41, 5.74) is 1.34. The van der Waals surface area contributed by atoms with Crippen LogP contribution in [0.2, 0.25) is 15.3 Å². The zero-order valence-corrected chi connectivity index (χ0v) is 12.9. The van der Waals surface area contributed by atoms with Crippen molar-refractivity contribution in [2.45, 2.75) is 0 Å². The SMILES string of the molecule is Clc1cccc(-c2c(Cl)nc(-c3nccs3)nc2Cl)c1. The molecule has 0 saturated heterocycles. The Morgan fingerprint density at radius 1 is 1.00 bits per heavy atom. The molecule has 0 saturated carbocycles. The van der Waals surface area contributed by atoms with E-state index in [2.05, 4.69) is 15.0 Å². The van der Waals surface area contributed by atoms with E-state index in [9.17, 15) is 0 Å². The van der Waals surface area contributed by atoms with E-state index in [1.165, 1.54) is 11.3 Å². The Labute approximate surface area is 134 Å². The molecule has 3 rings (SSSR count). The van der Waals surface area contributed by atoms with Crippen LogP contribution in [0.1, 0.15) is 0 Å². The Morgan fingerprint density at radius 3 is 2.35 bits per heavy atom. The van der Waals surface area contributed by atoms with Crippen LogP contribution in [-0.4, -0.2) is 15.0 Å². The highest BCUT2D eigenvalue weighted by Crippen LogP contribution is 2.35. The molecule has 3 aromatic rings. The first-order valence-electron chi connectivity index (χ1n) is 5.54. The summed E-state index contributed by atoms with van der Waals surface area (Å²) >= 11 is 19.9. The second kappa shape index (κ2) is 5.66. The number of halogens is 3. The van der Waals surface area contributed by atoms with Crippen LogP contribution in [0.25, 0.3) is 22.0 Å². The molecular formula is C13H6Cl3N3S. The summed E-state index contributed by atoms with van der Waals surface area (Å²) in [5.74, 6) is 0.417. The number of benzene rings is 1. The molecule has 0 aliphatic heterocycles. The lowest BCUT2D eigenvalue weighted by atomic mass is 10.1. The molecule has 1 aromatic carbocycles. The average Bonchev–Trinajstić information content (AvgIpc) is 2.91. The molecule has 0 amide bonds. The zero-order valence-electron chi connectivity index (χ0n) is 9.85. The lowest BCUT2D eigenvalue weighted by molar-refractivity contribution is 1.16. The molecule has 7 heteroatoms. The van der Waals surface area contributed by atoms with Gasteiger partial charge in [0.15, 0.2) is 10.8 Å². The van der Waals surface area contributed by atoms with E-state index in [1.807, 2.05) is 17.5 Å². The fraction of sp³-hybridized carbons (Fsp3) is 0. The summed E-state index contributed by atoms with van der Waals surface area (Å²) in [4.78, 5) is 12.7. The van der Waals surface area contributed by atoms with Crippen LogP contribution in [0.15, 0.2) is 35.8 Å². The molecule has 100 valence electrons.